The Morgan fingerprint density at radius 3 is 2.41 bits per heavy atom. The molecular formula is C12H14ClNO3. The molecule has 0 saturated heterocycles. The number of halogens is 1. The van der Waals surface area contributed by atoms with Crippen molar-refractivity contribution in [3.05, 3.63) is 39.9 Å². The highest BCUT2D eigenvalue weighted by molar-refractivity contribution is 6.17. The van der Waals surface area contributed by atoms with Gasteiger partial charge in [-0.1, -0.05) is 12.1 Å². The molecule has 17 heavy (non-hydrogen) atoms. The molecule has 0 spiro atoms. The first-order valence-corrected chi connectivity index (χ1v) is 5.98. The van der Waals surface area contributed by atoms with E-state index in [0.717, 1.165) is 18.4 Å². The van der Waals surface area contributed by atoms with Crippen molar-refractivity contribution in [2.24, 2.45) is 0 Å². The van der Waals surface area contributed by atoms with Gasteiger partial charge in [-0.15, -0.1) is 11.6 Å². The lowest BCUT2D eigenvalue weighted by atomic mass is 10.0. The van der Waals surface area contributed by atoms with Crippen molar-refractivity contribution in [2.75, 3.05) is 5.88 Å². The summed E-state index contributed by atoms with van der Waals surface area (Å²) < 4.78 is 0. The number of nitro groups is 1. The number of Topliss-reactive ketones (excluding diaryl/α,β-unsaturated/α-hetero) is 1. The quantitative estimate of drug-likeness (QED) is 0.325. The van der Waals surface area contributed by atoms with Crippen molar-refractivity contribution in [3.8, 4) is 0 Å². The van der Waals surface area contributed by atoms with Crippen molar-refractivity contribution in [1.29, 1.82) is 0 Å². The van der Waals surface area contributed by atoms with Gasteiger partial charge in [0.05, 0.1) is 4.92 Å². The van der Waals surface area contributed by atoms with Crippen LogP contribution in [0, 0.1) is 10.1 Å². The molecule has 1 aromatic carbocycles. The van der Waals surface area contributed by atoms with Crippen LogP contribution < -0.4 is 0 Å². The van der Waals surface area contributed by atoms with Crippen molar-refractivity contribution in [3.63, 3.8) is 0 Å². The lowest BCUT2D eigenvalue weighted by Crippen LogP contribution is -2.02. The maximum Gasteiger partial charge on any atom is 0.269 e. The SMILES string of the molecule is O=C(CCCCCl)Cc1ccc([N+](=O)[O-])cc1. The number of nitrogens with zero attached hydrogens (tertiary/aromatic N) is 1. The van der Waals surface area contributed by atoms with Gasteiger partial charge in [-0.25, -0.2) is 0 Å². The van der Waals surface area contributed by atoms with E-state index in [1.807, 2.05) is 0 Å². The minimum absolute atomic E-state index is 0.0448. The molecule has 1 aromatic rings. The fraction of sp³-hybridized carbons (Fsp3) is 0.417. The van der Waals surface area contributed by atoms with Gasteiger partial charge in [0.2, 0.25) is 0 Å². The van der Waals surface area contributed by atoms with E-state index in [1.165, 1.54) is 12.1 Å². The number of unbranched alkanes of at least 4 members (excludes halogenated alkanes) is 1. The second-order valence-electron chi connectivity index (χ2n) is 3.79. The molecule has 0 heterocycles. The second kappa shape index (κ2) is 7.01. The van der Waals surface area contributed by atoms with Crippen LogP contribution in [0.3, 0.4) is 0 Å². The molecule has 0 atom stereocenters. The first kappa shape index (κ1) is 13.6. The standard InChI is InChI=1S/C12H14ClNO3/c13-8-2-1-3-12(15)9-10-4-6-11(7-5-10)14(16)17/h4-7H,1-3,8-9H2. The Morgan fingerprint density at radius 2 is 1.88 bits per heavy atom. The highest BCUT2D eigenvalue weighted by Gasteiger charge is 2.07. The minimum Gasteiger partial charge on any atom is -0.299 e. The summed E-state index contributed by atoms with van der Waals surface area (Å²) in [6, 6.07) is 6.08. The van der Waals surface area contributed by atoms with Crippen molar-refractivity contribution >= 4 is 23.1 Å². The zero-order valence-corrected chi connectivity index (χ0v) is 10.2. The maximum absolute atomic E-state index is 11.5. The zero-order chi connectivity index (χ0) is 12.7. The number of hydrogen-bond donors (Lipinski definition) is 0. The molecule has 0 saturated carbocycles. The summed E-state index contributed by atoms with van der Waals surface area (Å²) in [7, 11) is 0. The van der Waals surface area contributed by atoms with Gasteiger partial charge in [0.1, 0.15) is 5.78 Å². The van der Waals surface area contributed by atoms with Gasteiger partial charge in [0.15, 0.2) is 0 Å². The number of benzene rings is 1. The molecule has 0 fully saturated rings. The lowest BCUT2D eigenvalue weighted by Gasteiger charge is -2.00. The van der Waals surface area contributed by atoms with Gasteiger partial charge >= 0.3 is 0 Å². The molecule has 0 aromatic heterocycles. The van der Waals surface area contributed by atoms with Gasteiger partial charge in [-0.3, -0.25) is 14.9 Å². The van der Waals surface area contributed by atoms with E-state index >= 15 is 0 Å². The number of rotatable bonds is 7. The van der Waals surface area contributed by atoms with Crippen LogP contribution in [0.4, 0.5) is 5.69 Å². The third kappa shape index (κ3) is 4.95. The predicted molar refractivity (Wildman–Crippen MR) is 66.4 cm³/mol. The zero-order valence-electron chi connectivity index (χ0n) is 9.39. The van der Waals surface area contributed by atoms with Crippen LogP contribution in [0.25, 0.3) is 0 Å². The van der Waals surface area contributed by atoms with E-state index in [1.54, 1.807) is 12.1 Å². The van der Waals surface area contributed by atoms with Crippen LogP contribution in [0.2, 0.25) is 0 Å². The molecule has 0 aliphatic heterocycles. The van der Waals surface area contributed by atoms with Crippen LogP contribution in [-0.4, -0.2) is 16.6 Å². The number of nitro benzene ring substituents is 1. The minimum atomic E-state index is -0.452. The number of hydrogen-bond acceptors (Lipinski definition) is 3. The monoisotopic (exact) mass is 255 g/mol. The molecule has 0 bridgehead atoms. The Balaban J connectivity index is 2.46. The molecule has 0 aliphatic rings. The molecule has 0 aliphatic carbocycles. The summed E-state index contributed by atoms with van der Waals surface area (Å²) >= 11 is 5.52. The molecule has 0 unspecified atom stereocenters. The van der Waals surface area contributed by atoms with Crippen molar-refractivity contribution in [1.82, 2.24) is 0 Å². The number of carbonyl (C=O) groups is 1. The van der Waals surface area contributed by atoms with Gasteiger partial charge in [-0.2, -0.15) is 0 Å². The van der Waals surface area contributed by atoms with Gasteiger partial charge in [0.25, 0.3) is 5.69 Å². The van der Waals surface area contributed by atoms with Crippen LogP contribution in [-0.2, 0) is 11.2 Å². The highest BCUT2D eigenvalue weighted by Crippen LogP contribution is 2.13. The molecule has 0 radical (unpaired) electrons. The third-order valence-electron chi connectivity index (χ3n) is 2.39. The topological polar surface area (TPSA) is 60.2 Å². The maximum atomic E-state index is 11.5. The summed E-state index contributed by atoms with van der Waals surface area (Å²) in [6.45, 7) is 0. The summed E-state index contributed by atoms with van der Waals surface area (Å²) in [5, 5.41) is 10.4. The number of non-ortho nitro benzene ring substituents is 1. The fourth-order valence-electron chi connectivity index (χ4n) is 1.47. The van der Waals surface area contributed by atoms with Crippen LogP contribution >= 0.6 is 11.6 Å². The van der Waals surface area contributed by atoms with Crippen LogP contribution in [0.15, 0.2) is 24.3 Å². The van der Waals surface area contributed by atoms with Crippen LogP contribution in [0.5, 0.6) is 0 Å². The first-order valence-electron chi connectivity index (χ1n) is 5.44. The first-order chi connectivity index (χ1) is 8.13. The molecule has 92 valence electrons. The van der Waals surface area contributed by atoms with E-state index in [0.29, 0.717) is 18.7 Å². The second-order valence-corrected chi connectivity index (χ2v) is 4.16. The van der Waals surface area contributed by atoms with E-state index in [2.05, 4.69) is 0 Å². The van der Waals surface area contributed by atoms with Gasteiger partial charge < -0.3 is 0 Å². The average molecular weight is 256 g/mol. The molecular weight excluding hydrogens is 242 g/mol. The number of carbonyl (C=O) groups excluding carboxylic acids is 1. The Hall–Kier alpha value is -1.42. The van der Waals surface area contributed by atoms with Crippen LogP contribution in [0.1, 0.15) is 24.8 Å². The number of alkyl halides is 1. The highest BCUT2D eigenvalue weighted by atomic mass is 35.5. The summed E-state index contributed by atoms with van der Waals surface area (Å²) in [6.07, 6.45) is 2.49. The van der Waals surface area contributed by atoms with E-state index < -0.39 is 4.92 Å². The van der Waals surface area contributed by atoms with E-state index in [4.69, 9.17) is 11.6 Å². The van der Waals surface area contributed by atoms with Gasteiger partial charge in [0, 0.05) is 30.9 Å². The number of ketones is 1. The smallest absolute Gasteiger partial charge is 0.269 e. The molecule has 4 nitrogen and oxygen atoms in total. The third-order valence-corrected chi connectivity index (χ3v) is 2.65. The Morgan fingerprint density at radius 1 is 1.24 bits per heavy atom. The molecule has 5 heteroatoms. The fourth-order valence-corrected chi connectivity index (χ4v) is 1.66. The van der Waals surface area contributed by atoms with E-state index in [9.17, 15) is 14.9 Å². The normalized spacial score (nSPS) is 10.2. The predicted octanol–water partition coefficient (Wildman–Crippen LogP) is 3.12. The Bertz CT molecular complexity index is 389. The van der Waals surface area contributed by atoms with Crippen molar-refractivity contribution in [2.45, 2.75) is 25.7 Å². The van der Waals surface area contributed by atoms with Gasteiger partial charge in [-0.05, 0) is 18.4 Å². The summed E-state index contributed by atoms with van der Waals surface area (Å²) in [5.41, 5.74) is 0.856. The Kier molecular flexibility index (Phi) is 5.63. The summed E-state index contributed by atoms with van der Waals surface area (Å²) in [4.78, 5) is 21.5. The van der Waals surface area contributed by atoms with E-state index in [-0.39, 0.29) is 11.5 Å². The largest absolute Gasteiger partial charge is 0.299 e. The Labute approximate surface area is 105 Å². The summed E-state index contributed by atoms with van der Waals surface area (Å²) in [5.74, 6) is 0.717. The molecule has 0 N–H and O–H groups in total. The lowest BCUT2D eigenvalue weighted by molar-refractivity contribution is -0.384. The molecule has 0 amide bonds. The molecule has 1 rings (SSSR count). The average Bonchev–Trinajstić information content (AvgIpc) is 2.30. The van der Waals surface area contributed by atoms with Crippen molar-refractivity contribution < 1.29 is 9.72 Å².